The predicted octanol–water partition coefficient (Wildman–Crippen LogP) is 5.19. The van der Waals surface area contributed by atoms with Crippen LogP contribution in [0.5, 0.6) is 0 Å². The van der Waals surface area contributed by atoms with E-state index in [1.165, 1.54) is 64.2 Å². The normalized spacial score (nSPS) is 10.7. The first-order valence-corrected chi connectivity index (χ1v) is 8.01. The van der Waals surface area contributed by atoms with Crippen LogP contribution in [0.1, 0.15) is 84.0 Å². The van der Waals surface area contributed by atoms with Crippen LogP contribution in [0.25, 0.3) is 0 Å². The maximum atomic E-state index is 10.7. The van der Waals surface area contributed by atoms with E-state index < -0.39 is 0 Å². The standard InChI is InChI=1S/C15H30OS/c1-15(16)13-11-9-7-5-3-2-4-6-8-10-12-14-17/h17H,2-14H2,1H3. The molecular formula is C15H30OS. The summed E-state index contributed by atoms with van der Waals surface area (Å²) in [6.45, 7) is 1.69. The van der Waals surface area contributed by atoms with Crippen LogP contribution in [-0.2, 0) is 4.79 Å². The van der Waals surface area contributed by atoms with Gasteiger partial charge in [0.2, 0.25) is 0 Å². The van der Waals surface area contributed by atoms with Crippen molar-refractivity contribution in [3.63, 3.8) is 0 Å². The second kappa shape index (κ2) is 14.1. The second-order valence-corrected chi connectivity index (χ2v) is 5.51. The van der Waals surface area contributed by atoms with Crippen molar-refractivity contribution in [2.24, 2.45) is 0 Å². The lowest BCUT2D eigenvalue weighted by Crippen LogP contribution is -1.89. The van der Waals surface area contributed by atoms with Crippen molar-refractivity contribution in [2.45, 2.75) is 84.0 Å². The van der Waals surface area contributed by atoms with Gasteiger partial charge in [-0.1, -0.05) is 57.8 Å². The fourth-order valence-electron chi connectivity index (χ4n) is 2.08. The van der Waals surface area contributed by atoms with E-state index in [1.807, 2.05) is 0 Å². The first kappa shape index (κ1) is 17.0. The van der Waals surface area contributed by atoms with Gasteiger partial charge in [-0.15, -0.1) is 0 Å². The van der Waals surface area contributed by atoms with Crippen LogP contribution in [0.2, 0.25) is 0 Å². The van der Waals surface area contributed by atoms with Crippen LogP contribution < -0.4 is 0 Å². The van der Waals surface area contributed by atoms with Gasteiger partial charge in [-0.3, -0.25) is 0 Å². The molecule has 0 aliphatic carbocycles. The van der Waals surface area contributed by atoms with Crippen molar-refractivity contribution < 1.29 is 4.79 Å². The Hall–Kier alpha value is 0.0200. The lowest BCUT2D eigenvalue weighted by Gasteiger charge is -2.02. The van der Waals surface area contributed by atoms with Gasteiger partial charge in [-0.2, -0.15) is 12.6 Å². The highest BCUT2D eigenvalue weighted by atomic mass is 32.1. The first-order valence-electron chi connectivity index (χ1n) is 7.37. The third-order valence-corrected chi connectivity index (χ3v) is 3.50. The average molecular weight is 258 g/mol. The van der Waals surface area contributed by atoms with Crippen molar-refractivity contribution in [1.29, 1.82) is 0 Å². The summed E-state index contributed by atoms with van der Waals surface area (Å²) < 4.78 is 0. The molecule has 0 saturated carbocycles. The minimum Gasteiger partial charge on any atom is -0.300 e. The molecule has 0 aromatic carbocycles. The quantitative estimate of drug-likeness (QED) is 0.355. The molecule has 0 atom stereocenters. The maximum absolute atomic E-state index is 10.7. The molecule has 0 fully saturated rings. The Labute approximate surface area is 113 Å². The van der Waals surface area contributed by atoms with E-state index in [0.717, 1.165) is 18.6 Å². The summed E-state index contributed by atoms with van der Waals surface area (Å²) in [6, 6.07) is 0. The van der Waals surface area contributed by atoms with Crippen molar-refractivity contribution in [1.82, 2.24) is 0 Å². The third-order valence-electron chi connectivity index (χ3n) is 3.19. The summed E-state index contributed by atoms with van der Waals surface area (Å²) >= 11 is 4.21. The van der Waals surface area contributed by atoms with Crippen molar-refractivity contribution in [3.05, 3.63) is 0 Å². The van der Waals surface area contributed by atoms with E-state index in [9.17, 15) is 4.79 Å². The van der Waals surface area contributed by atoms with Crippen molar-refractivity contribution >= 4 is 18.4 Å². The Bertz CT molecular complexity index is 168. The molecule has 0 spiro atoms. The predicted molar refractivity (Wildman–Crippen MR) is 79.9 cm³/mol. The summed E-state index contributed by atoms with van der Waals surface area (Å²) in [5, 5.41) is 0. The number of Topliss-reactive ketones (excluding diaryl/α,β-unsaturated/α-hetero) is 1. The van der Waals surface area contributed by atoms with Crippen molar-refractivity contribution in [3.8, 4) is 0 Å². The Morgan fingerprint density at radius 1 is 0.706 bits per heavy atom. The molecule has 0 heterocycles. The summed E-state index contributed by atoms with van der Waals surface area (Å²) in [5.41, 5.74) is 0. The molecule has 0 N–H and O–H groups in total. The molecule has 0 aromatic heterocycles. The van der Waals surface area contributed by atoms with Gasteiger partial charge in [0.15, 0.2) is 0 Å². The molecule has 2 heteroatoms. The zero-order valence-electron chi connectivity index (χ0n) is 11.5. The number of thiol groups is 1. The maximum Gasteiger partial charge on any atom is 0.129 e. The van der Waals surface area contributed by atoms with Gasteiger partial charge in [0.1, 0.15) is 5.78 Å². The highest BCUT2D eigenvalue weighted by molar-refractivity contribution is 7.80. The number of hydrogen-bond acceptors (Lipinski definition) is 2. The second-order valence-electron chi connectivity index (χ2n) is 5.06. The van der Waals surface area contributed by atoms with E-state index in [-0.39, 0.29) is 0 Å². The molecule has 1 nitrogen and oxygen atoms in total. The van der Waals surface area contributed by atoms with Crippen LogP contribution in [0.15, 0.2) is 0 Å². The molecule has 0 saturated heterocycles. The lowest BCUT2D eigenvalue weighted by atomic mass is 10.0. The number of hydrogen-bond donors (Lipinski definition) is 1. The molecule has 102 valence electrons. The molecular weight excluding hydrogens is 228 g/mol. The Balaban J connectivity index is 2.91. The number of rotatable bonds is 13. The summed E-state index contributed by atoms with van der Waals surface area (Å²) in [4.78, 5) is 10.7. The molecule has 0 aromatic rings. The molecule has 0 amide bonds. The summed E-state index contributed by atoms with van der Waals surface area (Å²) in [5.74, 6) is 1.38. The first-order chi connectivity index (χ1) is 8.27. The van der Waals surface area contributed by atoms with E-state index >= 15 is 0 Å². The molecule has 0 rings (SSSR count). The monoisotopic (exact) mass is 258 g/mol. The minimum absolute atomic E-state index is 0.339. The average Bonchev–Trinajstić information content (AvgIpc) is 2.30. The smallest absolute Gasteiger partial charge is 0.129 e. The summed E-state index contributed by atoms with van der Waals surface area (Å²) in [7, 11) is 0. The Kier molecular flexibility index (Phi) is 14.1. The lowest BCUT2D eigenvalue weighted by molar-refractivity contribution is -0.117. The van der Waals surface area contributed by atoms with E-state index in [0.29, 0.717) is 5.78 Å². The Morgan fingerprint density at radius 3 is 1.41 bits per heavy atom. The number of carbonyl (C=O) groups excluding carboxylic acids is 1. The molecule has 17 heavy (non-hydrogen) atoms. The van der Waals surface area contributed by atoms with Gasteiger partial charge in [-0.05, 0) is 25.5 Å². The van der Waals surface area contributed by atoms with Gasteiger partial charge in [-0.25, -0.2) is 0 Å². The highest BCUT2D eigenvalue weighted by Gasteiger charge is 1.95. The molecule has 0 bridgehead atoms. The third kappa shape index (κ3) is 16.0. The zero-order chi connectivity index (χ0) is 12.8. The molecule has 0 aliphatic rings. The largest absolute Gasteiger partial charge is 0.300 e. The fraction of sp³-hybridized carbons (Fsp3) is 0.933. The Morgan fingerprint density at radius 2 is 1.06 bits per heavy atom. The number of unbranched alkanes of at least 4 members (excludes halogenated alkanes) is 10. The minimum atomic E-state index is 0.339. The van der Waals surface area contributed by atoms with Gasteiger partial charge in [0, 0.05) is 6.42 Å². The SMILES string of the molecule is CC(=O)CCCCCCCCCCCCCS. The molecule has 0 unspecified atom stereocenters. The van der Waals surface area contributed by atoms with Crippen molar-refractivity contribution in [2.75, 3.05) is 5.75 Å². The van der Waals surface area contributed by atoms with Gasteiger partial charge in [0.05, 0.1) is 0 Å². The number of ketones is 1. The topological polar surface area (TPSA) is 17.1 Å². The molecule has 0 aliphatic heterocycles. The van der Waals surface area contributed by atoms with E-state index in [4.69, 9.17) is 0 Å². The van der Waals surface area contributed by atoms with E-state index in [1.54, 1.807) is 6.92 Å². The van der Waals surface area contributed by atoms with Crippen LogP contribution in [0.3, 0.4) is 0 Å². The van der Waals surface area contributed by atoms with Gasteiger partial charge < -0.3 is 4.79 Å². The van der Waals surface area contributed by atoms with E-state index in [2.05, 4.69) is 12.6 Å². The van der Waals surface area contributed by atoms with Crippen LogP contribution in [-0.4, -0.2) is 11.5 Å². The summed E-state index contributed by atoms with van der Waals surface area (Å²) in [6.07, 6.45) is 15.4. The number of carbonyl (C=O) groups is 1. The highest BCUT2D eigenvalue weighted by Crippen LogP contribution is 2.12. The van der Waals surface area contributed by atoms with Crippen LogP contribution in [0, 0.1) is 0 Å². The van der Waals surface area contributed by atoms with Crippen LogP contribution >= 0.6 is 12.6 Å². The van der Waals surface area contributed by atoms with Gasteiger partial charge >= 0.3 is 0 Å². The fourth-order valence-corrected chi connectivity index (χ4v) is 2.30. The van der Waals surface area contributed by atoms with Crippen LogP contribution in [0.4, 0.5) is 0 Å². The zero-order valence-corrected chi connectivity index (χ0v) is 12.4. The van der Waals surface area contributed by atoms with Gasteiger partial charge in [0.25, 0.3) is 0 Å². The molecule has 0 radical (unpaired) electrons.